The summed E-state index contributed by atoms with van der Waals surface area (Å²) < 4.78 is 31.3. The Kier molecular flexibility index (Phi) is 10.1. The number of ether oxygens (including phenoxy) is 3. The van der Waals surface area contributed by atoms with Crippen LogP contribution in [0, 0.1) is 0 Å². The van der Waals surface area contributed by atoms with Gasteiger partial charge in [-0.15, -0.1) is 0 Å². The Morgan fingerprint density at radius 3 is 2.45 bits per heavy atom. The van der Waals surface area contributed by atoms with Gasteiger partial charge in [0.15, 0.2) is 11.2 Å². The maximum Gasteiger partial charge on any atom is 0.323 e. The fourth-order valence-electron chi connectivity index (χ4n) is 3.45. The van der Waals surface area contributed by atoms with Gasteiger partial charge in [-0.1, -0.05) is 30.3 Å². The molecule has 206 valence electrons. The lowest BCUT2D eigenvalue weighted by molar-refractivity contribution is -0.146. The molecule has 2 aromatic heterocycles. The molecule has 3 rings (SSSR count). The van der Waals surface area contributed by atoms with Crippen molar-refractivity contribution in [3.8, 4) is 0 Å². The van der Waals surface area contributed by atoms with E-state index in [1.807, 2.05) is 30.3 Å². The van der Waals surface area contributed by atoms with Gasteiger partial charge in [0.25, 0.3) is 5.56 Å². The van der Waals surface area contributed by atoms with Gasteiger partial charge in [-0.25, -0.2) is 15.2 Å². The number of anilines is 1. The van der Waals surface area contributed by atoms with E-state index in [2.05, 4.69) is 25.1 Å². The molecule has 14 nitrogen and oxygen atoms in total. The zero-order chi connectivity index (χ0) is 27.7. The maximum atomic E-state index is 13.7. The second-order valence-electron chi connectivity index (χ2n) is 8.39. The molecule has 15 heteroatoms. The largest absolute Gasteiger partial charge is 0.465 e. The summed E-state index contributed by atoms with van der Waals surface area (Å²) in [6.45, 7) is 5.13. The van der Waals surface area contributed by atoms with Gasteiger partial charge in [-0.2, -0.15) is 4.98 Å². The number of benzene rings is 1. The smallest absolute Gasteiger partial charge is 0.323 e. The van der Waals surface area contributed by atoms with Crippen molar-refractivity contribution < 1.29 is 28.4 Å². The minimum atomic E-state index is -3.67. The normalized spacial score (nSPS) is 14.5. The molecule has 0 amide bonds. The number of carbonyl (C=O) groups is 2. The predicted octanol–water partition coefficient (Wildman–Crippen LogP) is 1.13. The molecular formula is C23H32N7O7P. The van der Waals surface area contributed by atoms with E-state index in [4.69, 9.17) is 19.9 Å². The monoisotopic (exact) mass is 549 g/mol. The van der Waals surface area contributed by atoms with Crippen molar-refractivity contribution in [2.75, 3.05) is 25.3 Å². The Morgan fingerprint density at radius 1 is 1.13 bits per heavy atom. The molecule has 0 bridgehead atoms. The number of fused-ring (bicyclic) bond motifs is 1. The standard InChI is InChI=1S/C23H32N7O7P/c1-4-36-21(32)15(2)28-38(34,29-16(3)22(33)37-12-17-8-6-5-7-9-17)14-35-11-10-30-13-25-18-19(30)26-23(24)27-20(18)31/h5-9,13,15-16H,4,10-12,14H2,1-3H3,(H2,28,29,34)(H3,24,26,27,31)/t15-,16?,38?/m1/s1. The molecule has 0 spiro atoms. The number of aromatic nitrogens is 4. The molecule has 1 aromatic carbocycles. The minimum Gasteiger partial charge on any atom is -0.465 e. The summed E-state index contributed by atoms with van der Waals surface area (Å²) in [5.41, 5.74) is 6.35. The lowest BCUT2D eigenvalue weighted by atomic mass is 10.2. The average Bonchev–Trinajstić information content (AvgIpc) is 3.28. The second-order valence-corrected chi connectivity index (χ2v) is 10.6. The zero-order valence-electron chi connectivity index (χ0n) is 21.4. The summed E-state index contributed by atoms with van der Waals surface area (Å²) in [6, 6.07) is 7.21. The van der Waals surface area contributed by atoms with E-state index >= 15 is 0 Å². The van der Waals surface area contributed by atoms with Crippen molar-refractivity contribution in [2.24, 2.45) is 0 Å². The van der Waals surface area contributed by atoms with E-state index in [0.29, 0.717) is 0 Å². The predicted molar refractivity (Wildman–Crippen MR) is 139 cm³/mol. The second kappa shape index (κ2) is 13.3. The van der Waals surface area contributed by atoms with Crippen molar-refractivity contribution >= 4 is 36.5 Å². The number of H-pyrrole nitrogens is 1. The van der Waals surface area contributed by atoms with Gasteiger partial charge >= 0.3 is 11.9 Å². The van der Waals surface area contributed by atoms with E-state index in [-0.39, 0.29) is 49.8 Å². The van der Waals surface area contributed by atoms with Crippen LogP contribution in [0.1, 0.15) is 26.3 Å². The van der Waals surface area contributed by atoms with Crippen LogP contribution in [0.2, 0.25) is 0 Å². The zero-order valence-corrected chi connectivity index (χ0v) is 22.3. The third-order valence-electron chi connectivity index (χ3n) is 5.26. The van der Waals surface area contributed by atoms with Crippen LogP contribution in [0.15, 0.2) is 41.5 Å². The molecule has 38 heavy (non-hydrogen) atoms. The molecular weight excluding hydrogens is 517 g/mol. The van der Waals surface area contributed by atoms with Gasteiger partial charge in [0.2, 0.25) is 13.4 Å². The molecule has 0 saturated heterocycles. The Hall–Kier alpha value is -3.58. The first-order chi connectivity index (χ1) is 18.1. The maximum absolute atomic E-state index is 13.7. The molecule has 2 heterocycles. The SMILES string of the molecule is CCOC(=O)[C@@H](C)NP(=O)(COCCn1cnc2c(=O)[nH]c(N)nc21)NC(C)C(=O)OCc1ccccc1. The summed E-state index contributed by atoms with van der Waals surface area (Å²) >= 11 is 0. The third kappa shape index (κ3) is 7.96. The topological polar surface area (TPSA) is 193 Å². The summed E-state index contributed by atoms with van der Waals surface area (Å²) in [6.07, 6.45) is 1.05. The van der Waals surface area contributed by atoms with Crippen LogP contribution in [0.4, 0.5) is 5.95 Å². The summed E-state index contributed by atoms with van der Waals surface area (Å²) in [5, 5.41) is 5.46. The van der Waals surface area contributed by atoms with Crippen LogP contribution in [0.5, 0.6) is 0 Å². The molecule has 0 aliphatic carbocycles. The van der Waals surface area contributed by atoms with Crippen LogP contribution in [-0.4, -0.2) is 63.1 Å². The molecule has 3 aromatic rings. The van der Waals surface area contributed by atoms with Crippen LogP contribution in [-0.2, 0) is 41.5 Å². The number of nitrogens with zero attached hydrogens (tertiary/aromatic N) is 3. The third-order valence-corrected chi connectivity index (χ3v) is 7.42. The number of aromatic amines is 1. The van der Waals surface area contributed by atoms with Crippen LogP contribution >= 0.6 is 7.44 Å². The van der Waals surface area contributed by atoms with Crippen LogP contribution in [0.25, 0.3) is 11.2 Å². The van der Waals surface area contributed by atoms with Crippen molar-refractivity contribution in [3.63, 3.8) is 0 Å². The number of hydrogen-bond donors (Lipinski definition) is 4. The molecule has 2 unspecified atom stereocenters. The number of carbonyl (C=O) groups excluding carboxylic acids is 2. The molecule has 0 radical (unpaired) electrons. The molecule has 5 N–H and O–H groups in total. The molecule has 0 aliphatic rings. The number of nitrogens with one attached hydrogen (secondary N) is 3. The van der Waals surface area contributed by atoms with Gasteiger partial charge < -0.3 is 24.5 Å². The molecule has 0 fully saturated rings. The van der Waals surface area contributed by atoms with Crippen molar-refractivity contribution in [3.05, 3.63) is 52.6 Å². The van der Waals surface area contributed by atoms with Gasteiger partial charge in [-0.05, 0) is 26.3 Å². The van der Waals surface area contributed by atoms with E-state index in [1.165, 1.54) is 20.2 Å². The Morgan fingerprint density at radius 2 is 1.79 bits per heavy atom. The first-order valence-corrected chi connectivity index (χ1v) is 13.8. The molecule has 0 saturated carbocycles. The Balaban J connectivity index is 1.63. The highest BCUT2D eigenvalue weighted by atomic mass is 31.2. The van der Waals surface area contributed by atoms with E-state index in [1.54, 1.807) is 11.5 Å². The van der Waals surface area contributed by atoms with Gasteiger partial charge in [0.1, 0.15) is 25.0 Å². The highest BCUT2D eigenvalue weighted by Gasteiger charge is 2.32. The number of rotatable bonds is 14. The summed E-state index contributed by atoms with van der Waals surface area (Å²) in [5.74, 6) is -1.28. The number of nitrogen functional groups attached to an aromatic ring is 1. The minimum absolute atomic E-state index is 0.0494. The number of nitrogens with two attached hydrogens (primary N) is 1. The van der Waals surface area contributed by atoms with E-state index in [0.717, 1.165) is 5.56 Å². The number of esters is 2. The number of hydrogen-bond acceptors (Lipinski definition) is 10. The quantitative estimate of drug-likeness (QED) is 0.127. The Labute approximate surface area is 218 Å². The Bertz CT molecular complexity index is 1340. The highest BCUT2D eigenvalue weighted by molar-refractivity contribution is 7.59. The first-order valence-electron chi connectivity index (χ1n) is 11.9. The van der Waals surface area contributed by atoms with Gasteiger partial charge in [0.05, 0.1) is 19.5 Å². The van der Waals surface area contributed by atoms with E-state index in [9.17, 15) is 18.9 Å². The summed E-state index contributed by atoms with van der Waals surface area (Å²) in [4.78, 5) is 47.1. The molecule has 0 aliphatic heterocycles. The van der Waals surface area contributed by atoms with E-state index < -0.39 is 37.0 Å². The lowest BCUT2D eigenvalue weighted by Gasteiger charge is -2.26. The van der Waals surface area contributed by atoms with Crippen LogP contribution in [0.3, 0.4) is 0 Å². The number of imidazole rings is 1. The van der Waals surface area contributed by atoms with Crippen LogP contribution < -0.4 is 21.5 Å². The lowest BCUT2D eigenvalue weighted by Crippen LogP contribution is -2.42. The van der Waals surface area contributed by atoms with Crippen molar-refractivity contribution in [2.45, 2.75) is 46.0 Å². The van der Waals surface area contributed by atoms with Crippen molar-refractivity contribution in [1.29, 1.82) is 0 Å². The summed E-state index contributed by atoms with van der Waals surface area (Å²) in [7, 11) is -3.67. The fourth-order valence-corrected chi connectivity index (χ4v) is 5.53. The van der Waals surface area contributed by atoms with Crippen molar-refractivity contribution in [1.82, 2.24) is 29.7 Å². The van der Waals surface area contributed by atoms with Gasteiger partial charge in [0, 0.05) is 6.54 Å². The molecule has 3 atom stereocenters. The first kappa shape index (κ1) is 29.0. The fraction of sp³-hybridized carbons (Fsp3) is 0.435. The highest BCUT2D eigenvalue weighted by Crippen LogP contribution is 2.37. The van der Waals surface area contributed by atoms with Gasteiger partial charge in [-0.3, -0.25) is 23.9 Å². The average molecular weight is 550 g/mol.